The summed E-state index contributed by atoms with van der Waals surface area (Å²) in [5, 5.41) is 3.13. The van der Waals surface area contributed by atoms with Crippen molar-refractivity contribution in [3.63, 3.8) is 0 Å². The van der Waals surface area contributed by atoms with Crippen molar-refractivity contribution in [2.75, 3.05) is 31.2 Å². The van der Waals surface area contributed by atoms with Crippen molar-refractivity contribution in [3.8, 4) is 0 Å². The van der Waals surface area contributed by atoms with Crippen molar-refractivity contribution in [3.05, 3.63) is 22.9 Å². The third-order valence-electron chi connectivity index (χ3n) is 5.59. The molecule has 1 aliphatic rings. The fourth-order valence-electron chi connectivity index (χ4n) is 3.65. The Kier molecular flexibility index (Phi) is 7.87. The normalized spacial score (nSPS) is 18.8. The van der Waals surface area contributed by atoms with E-state index in [1.807, 2.05) is 6.92 Å². The number of carbonyl (C=O) groups excluding carboxylic acids is 1. The van der Waals surface area contributed by atoms with Gasteiger partial charge in [-0.25, -0.2) is 4.98 Å². The number of morpholine rings is 1. The molecule has 0 spiro atoms. The SMILES string of the molecule is CCC(C)c1nc(N2CCOC[C@H]2C)cc(C)c1C(=O)NCCCC(C)(C)C. The average molecular weight is 390 g/mol. The molecule has 0 saturated carbocycles. The second-order valence-corrected chi connectivity index (χ2v) is 9.40. The summed E-state index contributed by atoms with van der Waals surface area (Å²) < 4.78 is 5.57. The van der Waals surface area contributed by atoms with E-state index in [1.54, 1.807) is 0 Å². The van der Waals surface area contributed by atoms with E-state index in [2.05, 4.69) is 57.8 Å². The first-order valence-electron chi connectivity index (χ1n) is 10.8. The van der Waals surface area contributed by atoms with Gasteiger partial charge in [-0.15, -0.1) is 0 Å². The monoisotopic (exact) mass is 389 g/mol. The van der Waals surface area contributed by atoms with E-state index in [4.69, 9.17) is 9.72 Å². The maximum absolute atomic E-state index is 13.0. The van der Waals surface area contributed by atoms with Gasteiger partial charge in [-0.3, -0.25) is 4.79 Å². The zero-order chi connectivity index (χ0) is 20.9. The molecule has 1 N–H and O–H groups in total. The molecule has 2 heterocycles. The summed E-state index contributed by atoms with van der Waals surface area (Å²) in [6, 6.07) is 2.36. The molecule has 1 fully saturated rings. The molecule has 1 aromatic rings. The molecule has 2 atom stereocenters. The lowest BCUT2D eigenvalue weighted by Gasteiger charge is -2.35. The number of aromatic nitrogens is 1. The standard InChI is InChI=1S/C23H39N3O2/c1-8-16(2)21-20(22(27)24-11-9-10-23(5,6)7)17(3)14-19(25-21)26-12-13-28-15-18(26)4/h14,16,18H,8-13,15H2,1-7H3,(H,24,27)/t16?,18-/m1/s1. The molecule has 5 heteroatoms. The molecule has 28 heavy (non-hydrogen) atoms. The van der Waals surface area contributed by atoms with Gasteiger partial charge in [0.1, 0.15) is 5.82 Å². The number of nitrogens with zero attached hydrogens (tertiary/aromatic N) is 2. The first-order valence-corrected chi connectivity index (χ1v) is 10.8. The number of anilines is 1. The van der Waals surface area contributed by atoms with Crippen molar-refractivity contribution in [1.82, 2.24) is 10.3 Å². The van der Waals surface area contributed by atoms with E-state index < -0.39 is 0 Å². The van der Waals surface area contributed by atoms with E-state index >= 15 is 0 Å². The van der Waals surface area contributed by atoms with Gasteiger partial charge >= 0.3 is 0 Å². The fraction of sp³-hybridized carbons (Fsp3) is 0.739. The molecule has 158 valence electrons. The second kappa shape index (κ2) is 9.73. The van der Waals surface area contributed by atoms with Gasteiger partial charge in [-0.1, -0.05) is 34.6 Å². The molecular weight excluding hydrogens is 350 g/mol. The summed E-state index contributed by atoms with van der Waals surface area (Å²) >= 11 is 0. The van der Waals surface area contributed by atoms with Crippen molar-refractivity contribution < 1.29 is 9.53 Å². The Morgan fingerprint density at radius 1 is 1.43 bits per heavy atom. The minimum Gasteiger partial charge on any atom is -0.377 e. The van der Waals surface area contributed by atoms with Crippen LogP contribution in [-0.2, 0) is 4.74 Å². The summed E-state index contributed by atoms with van der Waals surface area (Å²) in [7, 11) is 0. The molecule has 0 bridgehead atoms. The molecule has 1 saturated heterocycles. The molecule has 0 aliphatic carbocycles. The van der Waals surface area contributed by atoms with Crippen molar-refractivity contribution in [2.45, 2.75) is 79.7 Å². The minimum atomic E-state index is 0.00999. The Bertz CT molecular complexity index is 667. The highest BCUT2D eigenvalue weighted by Crippen LogP contribution is 2.29. The van der Waals surface area contributed by atoms with Crippen LogP contribution in [0.25, 0.3) is 0 Å². The van der Waals surface area contributed by atoms with Crippen LogP contribution < -0.4 is 10.2 Å². The van der Waals surface area contributed by atoms with E-state index in [-0.39, 0.29) is 11.8 Å². The van der Waals surface area contributed by atoms with Gasteiger partial charge in [0.2, 0.25) is 0 Å². The number of aryl methyl sites for hydroxylation is 1. The predicted molar refractivity (Wildman–Crippen MR) is 116 cm³/mol. The van der Waals surface area contributed by atoms with Crippen LogP contribution in [0.3, 0.4) is 0 Å². The lowest BCUT2D eigenvalue weighted by molar-refractivity contribution is 0.0947. The lowest BCUT2D eigenvalue weighted by atomic mass is 9.90. The zero-order valence-corrected chi connectivity index (χ0v) is 18.9. The number of carbonyl (C=O) groups is 1. The maximum Gasteiger partial charge on any atom is 0.253 e. The van der Waals surface area contributed by atoms with Gasteiger partial charge in [0.15, 0.2) is 0 Å². The first-order chi connectivity index (χ1) is 13.1. The Morgan fingerprint density at radius 3 is 2.75 bits per heavy atom. The largest absolute Gasteiger partial charge is 0.377 e. The Morgan fingerprint density at radius 2 is 2.14 bits per heavy atom. The number of hydrogen-bond donors (Lipinski definition) is 1. The molecule has 5 nitrogen and oxygen atoms in total. The average Bonchev–Trinajstić information content (AvgIpc) is 2.63. The Hall–Kier alpha value is -1.62. The topological polar surface area (TPSA) is 54.5 Å². The number of amides is 1. The summed E-state index contributed by atoms with van der Waals surface area (Å²) in [6.45, 7) is 18.2. The van der Waals surface area contributed by atoms with Gasteiger partial charge in [-0.05, 0) is 56.1 Å². The zero-order valence-electron chi connectivity index (χ0n) is 18.9. The second-order valence-electron chi connectivity index (χ2n) is 9.40. The first kappa shape index (κ1) is 22.7. The van der Waals surface area contributed by atoms with Crippen LogP contribution in [0.2, 0.25) is 0 Å². The van der Waals surface area contributed by atoms with E-state index in [9.17, 15) is 4.79 Å². The number of rotatable bonds is 7. The van der Waals surface area contributed by atoms with Gasteiger partial charge in [-0.2, -0.15) is 0 Å². The van der Waals surface area contributed by atoms with Crippen LogP contribution in [0.5, 0.6) is 0 Å². The summed E-state index contributed by atoms with van der Waals surface area (Å²) in [6.07, 6.45) is 3.04. The number of ether oxygens (including phenoxy) is 1. The maximum atomic E-state index is 13.0. The van der Waals surface area contributed by atoms with E-state index in [0.717, 1.165) is 61.7 Å². The van der Waals surface area contributed by atoms with Crippen molar-refractivity contribution in [1.29, 1.82) is 0 Å². The van der Waals surface area contributed by atoms with Crippen LogP contribution in [-0.4, -0.2) is 43.2 Å². The highest BCUT2D eigenvalue weighted by Gasteiger charge is 2.25. The summed E-state index contributed by atoms with van der Waals surface area (Å²) in [5.41, 5.74) is 2.98. The number of pyridine rings is 1. The van der Waals surface area contributed by atoms with E-state index in [1.165, 1.54) is 0 Å². The molecule has 2 rings (SSSR count). The Balaban J connectivity index is 2.24. The van der Waals surface area contributed by atoms with Gasteiger partial charge in [0, 0.05) is 13.1 Å². The molecule has 1 aliphatic heterocycles. The smallest absolute Gasteiger partial charge is 0.253 e. The van der Waals surface area contributed by atoms with E-state index in [0.29, 0.717) is 18.0 Å². The molecule has 1 unspecified atom stereocenters. The molecule has 0 aromatic carbocycles. The van der Waals surface area contributed by atoms with Crippen LogP contribution in [0.4, 0.5) is 5.82 Å². The number of nitrogens with one attached hydrogen (secondary N) is 1. The summed E-state index contributed by atoms with van der Waals surface area (Å²) in [4.78, 5) is 20.3. The minimum absolute atomic E-state index is 0.00999. The van der Waals surface area contributed by atoms with Gasteiger partial charge in [0.25, 0.3) is 5.91 Å². The van der Waals surface area contributed by atoms with Crippen LogP contribution in [0.1, 0.15) is 88.3 Å². The number of hydrogen-bond acceptors (Lipinski definition) is 4. The quantitative estimate of drug-likeness (QED) is 0.688. The molecular formula is C23H39N3O2. The highest BCUT2D eigenvalue weighted by atomic mass is 16.5. The Labute approximate surface area is 171 Å². The molecule has 0 radical (unpaired) electrons. The third kappa shape index (κ3) is 5.94. The molecule has 1 amide bonds. The van der Waals surface area contributed by atoms with Crippen LogP contribution >= 0.6 is 0 Å². The third-order valence-corrected chi connectivity index (χ3v) is 5.59. The lowest BCUT2D eigenvalue weighted by Crippen LogP contribution is -2.44. The van der Waals surface area contributed by atoms with Gasteiger partial charge < -0.3 is 15.0 Å². The molecule has 1 aromatic heterocycles. The van der Waals surface area contributed by atoms with Crippen molar-refractivity contribution in [2.24, 2.45) is 5.41 Å². The van der Waals surface area contributed by atoms with Gasteiger partial charge in [0.05, 0.1) is 30.5 Å². The summed E-state index contributed by atoms with van der Waals surface area (Å²) in [5.74, 6) is 1.22. The fourth-order valence-corrected chi connectivity index (χ4v) is 3.65. The predicted octanol–water partition coefficient (Wildman–Crippen LogP) is 4.68. The van der Waals surface area contributed by atoms with Crippen LogP contribution in [0, 0.1) is 12.3 Å². The highest BCUT2D eigenvalue weighted by molar-refractivity contribution is 5.97. The van der Waals surface area contributed by atoms with Crippen molar-refractivity contribution >= 4 is 11.7 Å². The van der Waals surface area contributed by atoms with Crippen LogP contribution in [0.15, 0.2) is 6.07 Å².